The number of nitrogens with zero attached hydrogens (tertiary/aromatic N) is 4. The van der Waals surface area contributed by atoms with Crippen LogP contribution >= 0.6 is 0 Å². The first-order valence-electron chi connectivity index (χ1n) is 10.8. The Balaban J connectivity index is 1.44. The average molecular weight is 439 g/mol. The summed E-state index contributed by atoms with van der Waals surface area (Å²) in [7, 11) is 1.82. The third-order valence-corrected chi connectivity index (χ3v) is 7.05. The molecule has 0 radical (unpaired) electrons. The van der Waals surface area contributed by atoms with Crippen molar-refractivity contribution in [3.05, 3.63) is 40.9 Å². The number of alkyl halides is 1. The first kappa shape index (κ1) is 20.8. The largest absolute Gasteiger partial charge is 0.507 e. The topological polar surface area (TPSA) is 104 Å². The van der Waals surface area contributed by atoms with Gasteiger partial charge in [-0.2, -0.15) is 0 Å². The molecule has 3 aromatic rings. The van der Waals surface area contributed by atoms with E-state index in [0.29, 0.717) is 23.4 Å². The number of hydrogen-bond donors (Lipinski definition) is 2. The monoisotopic (exact) mass is 439 g/mol. The van der Waals surface area contributed by atoms with Crippen molar-refractivity contribution < 1.29 is 13.9 Å². The van der Waals surface area contributed by atoms with Gasteiger partial charge in [0.1, 0.15) is 17.5 Å². The van der Waals surface area contributed by atoms with Crippen molar-refractivity contribution in [1.29, 1.82) is 0 Å². The predicted molar refractivity (Wildman–Crippen MR) is 118 cm³/mol. The van der Waals surface area contributed by atoms with Gasteiger partial charge in [-0.1, -0.05) is 0 Å². The fraction of sp³-hybridized carbons (Fsp3) is 0.478. The molecule has 2 N–H and O–H groups in total. The molecule has 2 fully saturated rings. The Hall–Kier alpha value is -3.07. The number of halogens is 1. The zero-order chi connectivity index (χ0) is 22.7. The van der Waals surface area contributed by atoms with Crippen molar-refractivity contribution in [2.24, 2.45) is 0 Å². The van der Waals surface area contributed by atoms with Gasteiger partial charge in [-0.3, -0.25) is 4.79 Å². The number of benzene rings is 1. The number of aromatic hydroxyl groups is 1. The van der Waals surface area contributed by atoms with Gasteiger partial charge >= 0.3 is 0 Å². The summed E-state index contributed by atoms with van der Waals surface area (Å²) < 4.78 is 20.9. The lowest BCUT2D eigenvalue weighted by molar-refractivity contribution is 0.00193. The zero-order valence-electron chi connectivity index (χ0n) is 18.3. The molecule has 5 rings (SSSR count). The van der Waals surface area contributed by atoms with Crippen LogP contribution in [0.5, 0.6) is 5.75 Å². The van der Waals surface area contributed by atoms with E-state index in [-0.39, 0.29) is 34.0 Å². The Bertz CT molecular complexity index is 1230. The van der Waals surface area contributed by atoms with Crippen molar-refractivity contribution in [1.82, 2.24) is 20.5 Å². The standard InChI is InChI=1S/C23H26FN5O3/c1-22-6-4-7-23(2,28-22)20(24)15(11-22)29(3)19-12-25-21(27-26-19)14-10-18-13(9-17(14)31)16(30)5-8-32-18/h5,8-10,12,15,20,28,31H,4,6-7,11H2,1-3H3/t15-,20-,22-,23+/m1/s1. The molecule has 8 nitrogen and oxygen atoms in total. The Labute approximate surface area is 184 Å². The Morgan fingerprint density at radius 2 is 2.09 bits per heavy atom. The maximum Gasteiger partial charge on any atom is 0.192 e. The number of hydrogen-bond acceptors (Lipinski definition) is 8. The molecule has 168 valence electrons. The number of rotatable bonds is 3. The molecule has 4 heterocycles. The highest BCUT2D eigenvalue weighted by molar-refractivity contribution is 5.84. The van der Waals surface area contributed by atoms with E-state index < -0.39 is 11.7 Å². The molecule has 2 aliphatic rings. The highest BCUT2D eigenvalue weighted by Gasteiger charge is 2.53. The van der Waals surface area contributed by atoms with Gasteiger partial charge in [-0.05, 0) is 51.7 Å². The molecule has 2 aliphatic heterocycles. The van der Waals surface area contributed by atoms with E-state index >= 15 is 4.39 Å². The summed E-state index contributed by atoms with van der Waals surface area (Å²) >= 11 is 0. The van der Waals surface area contributed by atoms with E-state index in [1.54, 1.807) is 0 Å². The van der Waals surface area contributed by atoms with Gasteiger partial charge in [0.05, 0.1) is 29.5 Å². The molecule has 2 saturated heterocycles. The lowest BCUT2D eigenvalue weighted by atomic mass is 9.68. The number of nitrogens with one attached hydrogen (secondary N) is 1. The van der Waals surface area contributed by atoms with Crippen LogP contribution in [0.25, 0.3) is 22.4 Å². The van der Waals surface area contributed by atoms with E-state index in [1.165, 1.54) is 30.7 Å². The minimum atomic E-state index is -1.06. The zero-order valence-corrected chi connectivity index (χ0v) is 18.3. The summed E-state index contributed by atoms with van der Waals surface area (Å²) in [5.41, 5.74) is -0.313. The lowest BCUT2D eigenvalue weighted by Crippen LogP contribution is -2.72. The fourth-order valence-electron chi connectivity index (χ4n) is 5.36. The number of anilines is 1. The summed E-state index contributed by atoms with van der Waals surface area (Å²) in [6, 6.07) is 3.79. The van der Waals surface area contributed by atoms with Crippen molar-refractivity contribution in [2.75, 3.05) is 11.9 Å². The quantitative estimate of drug-likeness (QED) is 0.641. The maximum atomic E-state index is 15.5. The molecule has 2 aromatic heterocycles. The molecule has 1 aromatic carbocycles. The van der Waals surface area contributed by atoms with Crippen LogP contribution in [0.15, 0.2) is 39.9 Å². The summed E-state index contributed by atoms with van der Waals surface area (Å²) in [6.07, 6.45) is 5.26. The van der Waals surface area contributed by atoms with Crippen LogP contribution in [0, 0.1) is 0 Å². The average Bonchev–Trinajstić information content (AvgIpc) is 2.76. The van der Waals surface area contributed by atoms with Gasteiger partial charge in [0.15, 0.2) is 17.1 Å². The third-order valence-electron chi connectivity index (χ3n) is 7.05. The van der Waals surface area contributed by atoms with Crippen LogP contribution in [0.3, 0.4) is 0 Å². The maximum absolute atomic E-state index is 15.5. The second-order valence-electron chi connectivity index (χ2n) is 9.53. The Morgan fingerprint density at radius 3 is 2.84 bits per heavy atom. The van der Waals surface area contributed by atoms with E-state index in [9.17, 15) is 9.90 Å². The molecular formula is C23H26FN5O3. The molecule has 9 heteroatoms. The fourth-order valence-corrected chi connectivity index (χ4v) is 5.36. The van der Waals surface area contributed by atoms with E-state index in [4.69, 9.17) is 4.42 Å². The number of phenolic OH excluding ortho intramolecular Hbond substituents is 1. The number of aromatic nitrogens is 3. The summed E-state index contributed by atoms with van der Waals surface area (Å²) in [4.78, 5) is 18.1. The first-order valence-corrected chi connectivity index (χ1v) is 10.8. The van der Waals surface area contributed by atoms with Gasteiger partial charge in [-0.15, -0.1) is 10.2 Å². The van der Waals surface area contributed by atoms with Crippen molar-refractivity contribution in [3.8, 4) is 17.1 Å². The van der Waals surface area contributed by atoms with Crippen molar-refractivity contribution >= 4 is 16.8 Å². The lowest BCUT2D eigenvalue weighted by Gasteiger charge is -2.56. The van der Waals surface area contributed by atoms with Gasteiger partial charge in [0, 0.05) is 24.2 Å². The highest BCUT2D eigenvalue weighted by atomic mass is 19.1. The number of piperidine rings is 2. The van der Waals surface area contributed by atoms with Crippen molar-refractivity contribution in [3.63, 3.8) is 0 Å². The molecule has 2 bridgehead atoms. The van der Waals surface area contributed by atoms with Gasteiger partial charge < -0.3 is 19.7 Å². The highest BCUT2D eigenvalue weighted by Crippen LogP contribution is 2.43. The van der Waals surface area contributed by atoms with E-state index in [0.717, 1.165) is 19.3 Å². The second-order valence-corrected chi connectivity index (χ2v) is 9.53. The summed E-state index contributed by atoms with van der Waals surface area (Å²) in [5.74, 6) is 0.501. The first-order chi connectivity index (χ1) is 15.2. The molecule has 0 aliphatic carbocycles. The minimum absolute atomic E-state index is 0.115. The van der Waals surface area contributed by atoms with Crippen LogP contribution in [0.4, 0.5) is 10.2 Å². The molecule has 0 spiro atoms. The van der Waals surface area contributed by atoms with Crippen LogP contribution in [0.1, 0.15) is 39.5 Å². The van der Waals surface area contributed by atoms with Crippen LogP contribution < -0.4 is 15.6 Å². The SMILES string of the molecule is CN(c1cnc(-c2cc3occc(=O)c3cc2O)nn1)[C@@H]1C[C@@]2(C)CCC[C@](C)(N2)[C@@H]1F. The Kier molecular flexibility index (Phi) is 4.70. The molecule has 0 unspecified atom stereocenters. The summed E-state index contributed by atoms with van der Waals surface area (Å²) in [5, 5.41) is 22.6. The van der Waals surface area contributed by atoms with Crippen LogP contribution in [0.2, 0.25) is 0 Å². The molecule has 4 atom stereocenters. The number of fused-ring (bicyclic) bond motifs is 3. The minimum Gasteiger partial charge on any atom is -0.507 e. The molecular weight excluding hydrogens is 413 g/mol. The van der Waals surface area contributed by atoms with Crippen LogP contribution in [-0.4, -0.2) is 50.6 Å². The number of phenols is 1. The molecule has 0 amide bonds. The molecule has 0 saturated carbocycles. The van der Waals surface area contributed by atoms with Crippen LogP contribution in [-0.2, 0) is 0 Å². The third kappa shape index (κ3) is 3.31. The normalized spacial score (nSPS) is 29.8. The van der Waals surface area contributed by atoms with Crippen molar-refractivity contribution in [2.45, 2.75) is 62.8 Å². The van der Waals surface area contributed by atoms with E-state index in [1.807, 2.05) is 18.9 Å². The van der Waals surface area contributed by atoms with Gasteiger partial charge in [0.25, 0.3) is 0 Å². The Morgan fingerprint density at radius 1 is 1.28 bits per heavy atom. The smallest absolute Gasteiger partial charge is 0.192 e. The van der Waals surface area contributed by atoms with E-state index in [2.05, 4.69) is 27.4 Å². The van der Waals surface area contributed by atoms with Gasteiger partial charge in [0.2, 0.25) is 0 Å². The van der Waals surface area contributed by atoms with Gasteiger partial charge in [-0.25, -0.2) is 9.37 Å². The summed E-state index contributed by atoms with van der Waals surface area (Å²) in [6.45, 7) is 4.12. The predicted octanol–water partition coefficient (Wildman–Crippen LogP) is 3.19. The molecule has 32 heavy (non-hydrogen) atoms. The second kappa shape index (κ2) is 7.23.